The number of aryl methyl sites for hydroxylation is 1. The second-order valence-electron chi connectivity index (χ2n) is 5.45. The van der Waals surface area contributed by atoms with E-state index in [9.17, 15) is 4.79 Å². The number of aromatic nitrogens is 4. The van der Waals surface area contributed by atoms with Gasteiger partial charge in [0, 0.05) is 9.86 Å². The topological polar surface area (TPSA) is 52.2 Å². The van der Waals surface area contributed by atoms with Gasteiger partial charge in [-0.15, -0.1) is 5.10 Å². The molecule has 0 unspecified atom stereocenters. The molecule has 2 heterocycles. The van der Waals surface area contributed by atoms with Gasteiger partial charge in [-0.2, -0.15) is 4.68 Å². The van der Waals surface area contributed by atoms with Gasteiger partial charge in [0.05, 0.1) is 11.2 Å². The lowest BCUT2D eigenvalue weighted by Crippen LogP contribution is -2.20. The summed E-state index contributed by atoms with van der Waals surface area (Å²) in [6.07, 6.45) is 1.90. The van der Waals surface area contributed by atoms with Crippen molar-refractivity contribution in [3.63, 3.8) is 0 Å². The van der Waals surface area contributed by atoms with Gasteiger partial charge in [0.2, 0.25) is 0 Å². The van der Waals surface area contributed by atoms with Gasteiger partial charge >= 0.3 is 5.69 Å². The number of halogens is 1. The molecule has 0 saturated heterocycles. The van der Waals surface area contributed by atoms with Crippen molar-refractivity contribution in [1.82, 2.24) is 19.2 Å². The summed E-state index contributed by atoms with van der Waals surface area (Å²) in [5.41, 5.74) is 3.08. The molecular weight excluding hydrogens is 388 g/mol. The van der Waals surface area contributed by atoms with E-state index in [2.05, 4.69) is 26.0 Å². The summed E-state index contributed by atoms with van der Waals surface area (Å²) < 4.78 is 3.92. The molecule has 0 aliphatic rings. The van der Waals surface area contributed by atoms with Gasteiger partial charge < -0.3 is 0 Å². The largest absolute Gasteiger partial charge is 0.357 e. The summed E-state index contributed by atoms with van der Waals surface area (Å²) in [6, 6.07) is 13.5. The summed E-state index contributed by atoms with van der Waals surface area (Å²) >= 11 is 4.91. The molecule has 0 amide bonds. The molecule has 5 nitrogen and oxygen atoms in total. The Balaban J connectivity index is 2.13. The van der Waals surface area contributed by atoms with E-state index >= 15 is 0 Å². The fraction of sp³-hybridized carbons (Fsp3) is 0.118. The second kappa shape index (κ2) is 5.75. The first-order chi connectivity index (χ1) is 11.6. The van der Waals surface area contributed by atoms with Crippen LogP contribution < -0.4 is 5.69 Å². The second-order valence-corrected chi connectivity index (χ2v) is 7.14. The number of rotatable bonds is 2. The average molecular weight is 401 g/mol. The minimum Gasteiger partial charge on any atom is -0.245 e. The van der Waals surface area contributed by atoms with Crippen molar-refractivity contribution >= 4 is 44.2 Å². The molecule has 24 heavy (non-hydrogen) atoms. The van der Waals surface area contributed by atoms with Gasteiger partial charge in [-0.05, 0) is 43.5 Å². The van der Waals surface area contributed by atoms with Crippen molar-refractivity contribution in [2.75, 3.05) is 6.26 Å². The van der Waals surface area contributed by atoms with Crippen molar-refractivity contribution in [2.24, 2.45) is 0 Å². The third-order valence-electron chi connectivity index (χ3n) is 3.85. The molecule has 0 spiro atoms. The van der Waals surface area contributed by atoms with Gasteiger partial charge in [-0.25, -0.2) is 14.2 Å². The van der Waals surface area contributed by atoms with Crippen LogP contribution in [0.4, 0.5) is 0 Å². The zero-order chi connectivity index (χ0) is 16.8. The molecular formula is C17H13BrN4OS. The standard InChI is InChI=1S/C17H13BrN4OS/c1-10-3-6-12(7-4-10)22-17(23)21-15(20-22)13-9-11(18)5-8-14(13)19-16(21)24-2/h3-9H,1-2H3. The molecule has 0 aliphatic carbocycles. The maximum atomic E-state index is 12.9. The van der Waals surface area contributed by atoms with Crippen LogP contribution in [0.5, 0.6) is 0 Å². The Morgan fingerprint density at radius 1 is 1.12 bits per heavy atom. The zero-order valence-corrected chi connectivity index (χ0v) is 15.4. The summed E-state index contributed by atoms with van der Waals surface area (Å²) in [6.45, 7) is 2.01. The van der Waals surface area contributed by atoms with Crippen molar-refractivity contribution in [3.05, 3.63) is 63.0 Å². The summed E-state index contributed by atoms with van der Waals surface area (Å²) in [5, 5.41) is 6.05. The maximum absolute atomic E-state index is 12.9. The predicted molar refractivity (Wildman–Crippen MR) is 100 cm³/mol. The highest BCUT2D eigenvalue weighted by Crippen LogP contribution is 2.25. The molecule has 0 fully saturated rings. The van der Waals surface area contributed by atoms with E-state index in [1.165, 1.54) is 16.4 Å². The smallest absolute Gasteiger partial charge is 0.245 e. The number of fused-ring (bicyclic) bond motifs is 3. The molecule has 0 N–H and O–H groups in total. The fourth-order valence-corrected chi connectivity index (χ4v) is 3.54. The van der Waals surface area contributed by atoms with Crippen LogP contribution in [0, 0.1) is 6.92 Å². The lowest BCUT2D eigenvalue weighted by molar-refractivity contribution is 0.807. The number of nitrogens with zero attached hydrogens (tertiary/aromatic N) is 4. The highest BCUT2D eigenvalue weighted by Gasteiger charge is 2.16. The van der Waals surface area contributed by atoms with Crippen LogP contribution in [0.15, 0.2) is 56.9 Å². The molecule has 7 heteroatoms. The highest BCUT2D eigenvalue weighted by molar-refractivity contribution is 9.10. The van der Waals surface area contributed by atoms with E-state index in [-0.39, 0.29) is 5.69 Å². The number of benzene rings is 2. The Labute approximate surface area is 150 Å². The molecule has 4 aromatic rings. The molecule has 0 atom stereocenters. The number of hydrogen-bond acceptors (Lipinski definition) is 4. The van der Waals surface area contributed by atoms with E-state index in [1.807, 2.05) is 55.6 Å². The average Bonchev–Trinajstić information content (AvgIpc) is 2.93. The number of thioether (sulfide) groups is 1. The molecule has 0 radical (unpaired) electrons. The molecule has 2 aromatic heterocycles. The molecule has 4 rings (SSSR count). The quantitative estimate of drug-likeness (QED) is 0.379. The Kier molecular flexibility index (Phi) is 3.69. The van der Waals surface area contributed by atoms with Crippen LogP contribution in [-0.2, 0) is 0 Å². The Hall–Kier alpha value is -2.12. The van der Waals surface area contributed by atoms with Crippen molar-refractivity contribution in [2.45, 2.75) is 12.1 Å². The van der Waals surface area contributed by atoms with Crippen molar-refractivity contribution in [3.8, 4) is 5.69 Å². The monoisotopic (exact) mass is 400 g/mol. The van der Waals surface area contributed by atoms with Gasteiger partial charge in [0.25, 0.3) is 0 Å². The zero-order valence-electron chi connectivity index (χ0n) is 13.0. The Bertz CT molecular complexity index is 1130. The van der Waals surface area contributed by atoms with E-state index in [1.54, 1.807) is 4.40 Å². The van der Waals surface area contributed by atoms with Crippen LogP contribution in [0.3, 0.4) is 0 Å². The van der Waals surface area contributed by atoms with Crippen LogP contribution in [0.2, 0.25) is 0 Å². The Morgan fingerprint density at radius 2 is 1.88 bits per heavy atom. The Morgan fingerprint density at radius 3 is 2.58 bits per heavy atom. The van der Waals surface area contributed by atoms with Gasteiger partial charge in [-0.1, -0.05) is 45.4 Å². The molecule has 0 aliphatic heterocycles. The summed E-state index contributed by atoms with van der Waals surface area (Å²) in [5.74, 6) is 0. The molecule has 2 aromatic carbocycles. The minimum absolute atomic E-state index is 0.215. The third kappa shape index (κ3) is 2.35. The minimum atomic E-state index is -0.215. The van der Waals surface area contributed by atoms with Crippen LogP contribution in [0.25, 0.3) is 22.2 Å². The van der Waals surface area contributed by atoms with Crippen LogP contribution in [0.1, 0.15) is 5.56 Å². The first-order valence-corrected chi connectivity index (χ1v) is 9.32. The van der Waals surface area contributed by atoms with Gasteiger partial charge in [0.1, 0.15) is 0 Å². The van der Waals surface area contributed by atoms with E-state index in [0.717, 1.165) is 26.6 Å². The van der Waals surface area contributed by atoms with Crippen molar-refractivity contribution < 1.29 is 0 Å². The van der Waals surface area contributed by atoms with Crippen LogP contribution >= 0.6 is 27.7 Å². The SMILES string of the molecule is CSc1nc2ccc(Br)cc2c2nn(-c3ccc(C)cc3)c(=O)n12. The van der Waals surface area contributed by atoms with E-state index in [4.69, 9.17) is 0 Å². The van der Waals surface area contributed by atoms with Crippen LogP contribution in [-0.4, -0.2) is 25.4 Å². The lowest BCUT2D eigenvalue weighted by Gasteiger charge is -2.03. The third-order valence-corrected chi connectivity index (χ3v) is 4.98. The van der Waals surface area contributed by atoms with E-state index in [0.29, 0.717) is 10.8 Å². The summed E-state index contributed by atoms with van der Waals surface area (Å²) in [4.78, 5) is 17.5. The maximum Gasteiger partial charge on any atom is 0.357 e. The molecule has 0 bridgehead atoms. The first-order valence-electron chi connectivity index (χ1n) is 7.30. The van der Waals surface area contributed by atoms with E-state index < -0.39 is 0 Å². The van der Waals surface area contributed by atoms with Gasteiger partial charge in [0.15, 0.2) is 10.8 Å². The fourth-order valence-electron chi connectivity index (χ4n) is 2.64. The first kappa shape index (κ1) is 15.4. The summed E-state index contributed by atoms with van der Waals surface area (Å²) in [7, 11) is 0. The van der Waals surface area contributed by atoms with Gasteiger partial charge in [-0.3, -0.25) is 0 Å². The number of hydrogen-bond donors (Lipinski definition) is 0. The molecule has 0 saturated carbocycles. The highest BCUT2D eigenvalue weighted by atomic mass is 79.9. The molecule has 120 valence electrons. The van der Waals surface area contributed by atoms with Crippen molar-refractivity contribution in [1.29, 1.82) is 0 Å². The predicted octanol–water partition coefficient (Wildman–Crippen LogP) is 3.83. The normalized spacial score (nSPS) is 11.5. The lowest BCUT2D eigenvalue weighted by atomic mass is 10.2.